The molecule has 6 nitrogen and oxygen atoms in total. The van der Waals surface area contributed by atoms with E-state index < -0.39 is 0 Å². The number of hydrogen-bond acceptors (Lipinski definition) is 5. The summed E-state index contributed by atoms with van der Waals surface area (Å²) in [4.78, 5) is 18.5. The van der Waals surface area contributed by atoms with E-state index in [2.05, 4.69) is 17.3 Å². The fourth-order valence-electron chi connectivity index (χ4n) is 2.71. The van der Waals surface area contributed by atoms with Crippen molar-refractivity contribution in [2.75, 3.05) is 19.0 Å². The number of aliphatic hydroxyl groups excluding tert-OH is 1. The topological polar surface area (TPSA) is 91.5 Å². The van der Waals surface area contributed by atoms with Gasteiger partial charge in [0.1, 0.15) is 5.82 Å². The molecule has 1 heterocycles. The van der Waals surface area contributed by atoms with Crippen molar-refractivity contribution in [3.8, 4) is 0 Å². The molecule has 0 radical (unpaired) electrons. The van der Waals surface area contributed by atoms with Gasteiger partial charge in [0.25, 0.3) is 5.91 Å². The summed E-state index contributed by atoms with van der Waals surface area (Å²) < 4.78 is 0. The number of hydrogen-bond donors (Lipinski definition) is 3. The van der Waals surface area contributed by atoms with Crippen LogP contribution in [0.25, 0.3) is 0 Å². The van der Waals surface area contributed by atoms with Crippen LogP contribution in [-0.2, 0) is 6.42 Å². The van der Waals surface area contributed by atoms with Crippen LogP contribution >= 0.6 is 0 Å². The maximum Gasteiger partial charge on any atom is 0.253 e. The lowest BCUT2D eigenvalue weighted by Gasteiger charge is -2.34. The second-order valence-electron chi connectivity index (χ2n) is 5.80. The second-order valence-corrected chi connectivity index (χ2v) is 5.80. The number of hydrazine groups is 1. The number of nitrogens with two attached hydrogens (primary N) is 1. The molecule has 4 N–H and O–H groups in total. The molecule has 6 heteroatoms. The molecule has 0 saturated heterocycles. The molecule has 116 valence electrons. The number of nitrogens with one attached hydrogen (secondary N) is 1. The summed E-state index contributed by atoms with van der Waals surface area (Å²) in [5, 5.41) is 9.32. The molecule has 0 atom stereocenters. The number of anilines is 1. The van der Waals surface area contributed by atoms with Gasteiger partial charge in [-0.05, 0) is 37.3 Å². The van der Waals surface area contributed by atoms with E-state index >= 15 is 0 Å². The van der Waals surface area contributed by atoms with Crippen LogP contribution in [0.4, 0.5) is 5.82 Å². The highest BCUT2D eigenvalue weighted by molar-refractivity contribution is 5.94. The van der Waals surface area contributed by atoms with E-state index in [0.29, 0.717) is 23.8 Å². The first-order chi connectivity index (χ1) is 10.0. The lowest BCUT2D eigenvalue weighted by atomic mass is 9.82. The summed E-state index contributed by atoms with van der Waals surface area (Å²) in [6, 6.07) is 3.51. The first kappa shape index (κ1) is 15.7. The smallest absolute Gasteiger partial charge is 0.253 e. The average molecular weight is 292 g/mol. The van der Waals surface area contributed by atoms with Gasteiger partial charge in [-0.25, -0.2) is 10.8 Å². The van der Waals surface area contributed by atoms with Gasteiger partial charge in [-0.3, -0.25) is 4.79 Å². The highest BCUT2D eigenvalue weighted by atomic mass is 16.3. The van der Waals surface area contributed by atoms with Crippen molar-refractivity contribution in [1.29, 1.82) is 0 Å². The number of aliphatic hydroxyl groups is 1. The Bertz CT molecular complexity index is 500. The van der Waals surface area contributed by atoms with Gasteiger partial charge in [0.05, 0.1) is 6.10 Å². The van der Waals surface area contributed by atoms with E-state index in [0.717, 1.165) is 31.4 Å². The van der Waals surface area contributed by atoms with Gasteiger partial charge in [0, 0.05) is 24.8 Å². The third-order valence-electron chi connectivity index (χ3n) is 3.87. The summed E-state index contributed by atoms with van der Waals surface area (Å²) in [6.07, 6.45) is 3.15. The van der Waals surface area contributed by atoms with Crippen LogP contribution in [0.2, 0.25) is 0 Å². The monoisotopic (exact) mass is 292 g/mol. The van der Waals surface area contributed by atoms with Gasteiger partial charge in [-0.2, -0.15) is 0 Å². The number of pyridine rings is 1. The number of aryl methyl sites for hydroxylation is 1. The fraction of sp³-hybridized carbons (Fsp3) is 0.600. The van der Waals surface area contributed by atoms with Gasteiger partial charge >= 0.3 is 0 Å². The van der Waals surface area contributed by atoms with Gasteiger partial charge < -0.3 is 15.4 Å². The SMILES string of the molecule is CCCc1cc(C(=O)N(C)CC2CC(O)C2)cc(NN)n1. The maximum atomic E-state index is 12.5. The lowest BCUT2D eigenvalue weighted by Crippen LogP contribution is -2.39. The number of nitrogens with zero attached hydrogens (tertiary/aromatic N) is 2. The predicted octanol–water partition coefficient (Wildman–Crippen LogP) is 1.16. The van der Waals surface area contributed by atoms with Gasteiger partial charge in [0.2, 0.25) is 0 Å². The summed E-state index contributed by atoms with van der Waals surface area (Å²) in [7, 11) is 1.79. The van der Waals surface area contributed by atoms with Gasteiger partial charge in [-0.1, -0.05) is 13.3 Å². The third-order valence-corrected chi connectivity index (χ3v) is 3.87. The molecule has 1 fully saturated rings. The maximum absolute atomic E-state index is 12.5. The number of carbonyl (C=O) groups is 1. The molecular weight excluding hydrogens is 268 g/mol. The zero-order valence-electron chi connectivity index (χ0n) is 12.7. The first-order valence-corrected chi connectivity index (χ1v) is 7.44. The average Bonchev–Trinajstić information content (AvgIpc) is 2.44. The summed E-state index contributed by atoms with van der Waals surface area (Å²) >= 11 is 0. The molecule has 2 rings (SSSR count). The van der Waals surface area contributed by atoms with Crippen LogP contribution in [0.15, 0.2) is 12.1 Å². The van der Waals surface area contributed by atoms with Gasteiger partial charge in [-0.15, -0.1) is 0 Å². The molecule has 0 spiro atoms. The number of carbonyl (C=O) groups excluding carboxylic acids is 1. The van der Waals surface area contributed by atoms with Crippen LogP contribution in [-0.4, -0.2) is 40.6 Å². The summed E-state index contributed by atoms with van der Waals surface area (Å²) in [5.41, 5.74) is 3.98. The highest BCUT2D eigenvalue weighted by Gasteiger charge is 2.29. The standard InChI is InChI=1S/C15H24N4O2/c1-3-4-12-7-11(8-14(17-12)18-16)15(21)19(2)9-10-5-13(20)6-10/h7-8,10,13,20H,3-6,9,16H2,1-2H3,(H,17,18). The molecule has 1 aliphatic rings. The number of nitrogen functional groups attached to an aromatic ring is 1. The van der Waals surface area contributed by atoms with E-state index in [1.54, 1.807) is 18.0 Å². The Labute approximate surface area is 125 Å². The Balaban J connectivity index is 2.07. The summed E-state index contributed by atoms with van der Waals surface area (Å²) in [5.74, 6) is 6.30. The number of rotatable bonds is 6. The van der Waals surface area contributed by atoms with Crippen LogP contribution in [0.5, 0.6) is 0 Å². The van der Waals surface area contributed by atoms with Crippen molar-refractivity contribution in [3.63, 3.8) is 0 Å². The summed E-state index contributed by atoms with van der Waals surface area (Å²) in [6.45, 7) is 2.74. The number of amides is 1. The molecule has 1 aromatic heterocycles. The van der Waals surface area contributed by atoms with Crippen molar-refractivity contribution in [2.45, 2.75) is 38.7 Å². The van der Waals surface area contributed by atoms with E-state index in [4.69, 9.17) is 5.84 Å². The molecule has 1 amide bonds. The largest absolute Gasteiger partial charge is 0.393 e. The van der Waals surface area contributed by atoms with E-state index in [9.17, 15) is 9.90 Å². The normalized spacial score (nSPS) is 20.8. The predicted molar refractivity (Wildman–Crippen MR) is 81.7 cm³/mol. The Morgan fingerprint density at radius 3 is 2.81 bits per heavy atom. The molecule has 0 aliphatic heterocycles. The van der Waals surface area contributed by atoms with Crippen molar-refractivity contribution >= 4 is 11.7 Å². The first-order valence-electron chi connectivity index (χ1n) is 7.44. The highest BCUT2D eigenvalue weighted by Crippen LogP contribution is 2.28. The van der Waals surface area contributed by atoms with Crippen molar-refractivity contribution < 1.29 is 9.90 Å². The zero-order chi connectivity index (χ0) is 15.4. The Hall–Kier alpha value is -1.66. The van der Waals surface area contributed by atoms with Gasteiger partial charge in [0.15, 0.2) is 0 Å². The van der Waals surface area contributed by atoms with E-state index in [1.807, 2.05) is 6.07 Å². The van der Waals surface area contributed by atoms with E-state index in [-0.39, 0.29) is 12.0 Å². The van der Waals surface area contributed by atoms with Crippen LogP contribution in [0.3, 0.4) is 0 Å². The molecule has 0 bridgehead atoms. The Morgan fingerprint density at radius 1 is 1.52 bits per heavy atom. The second kappa shape index (κ2) is 6.87. The van der Waals surface area contributed by atoms with Crippen LogP contribution in [0, 0.1) is 5.92 Å². The molecular formula is C15H24N4O2. The molecule has 0 aromatic carbocycles. The molecule has 1 saturated carbocycles. The number of aromatic nitrogens is 1. The molecule has 1 aliphatic carbocycles. The zero-order valence-corrected chi connectivity index (χ0v) is 12.7. The minimum Gasteiger partial charge on any atom is -0.393 e. The van der Waals surface area contributed by atoms with Crippen molar-refractivity contribution in [2.24, 2.45) is 11.8 Å². The molecule has 0 unspecified atom stereocenters. The van der Waals surface area contributed by atoms with Crippen molar-refractivity contribution in [1.82, 2.24) is 9.88 Å². The minimum absolute atomic E-state index is 0.0346. The van der Waals surface area contributed by atoms with Crippen LogP contribution < -0.4 is 11.3 Å². The quantitative estimate of drug-likeness (QED) is 0.540. The Morgan fingerprint density at radius 2 is 2.24 bits per heavy atom. The minimum atomic E-state index is -0.191. The van der Waals surface area contributed by atoms with E-state index in [1.165, 1.54) is 0 Å². The molecule has 1 aromatic rings. The molecule has 21 heavy (non-hydrogen) atoms. The lowest BCUT2D eigenvalue weighted by molar-refractivity contribution is 0.0265. The Kier molecular flexibility index (Phi) is 5.14. The van der Waals surface area contributed by atoms with Crippen molar-refractivity contribution in [3.05, 3.63) is 23.4 Å². The van der Waals surface area contributed by atoms with Crippen LogP contribution in [0.1, 0.15) is 42.2 Å². The fourth-order valence-corrected chi connectivity index (χ4v) is 2.71. The third kappa shape index (κ3) is 3.92.